The fourth-order valence-corrected chi connectivity index (χ4v) is 3.16. The van der Waals surface area contributed by atoms with Gasteiger partial charge in [0.05, 0.1) is 11.7 Å². The summed E-state index contributed by atoms with van der Waals surface area (Å²) < 4.78 is 0. The number of aryl methyl sites for hydroxylation is 1. The van der Waals surface area contributed by atoms with E-state index in [1.165, 1.54) is 17.5 Å². The maximum Gasteiger partial charge on any atom is 0.146 e. The smallest absolute Gasteiger partial charge is 0.146 e. The van der Waals surface area contributed by atoms with Gasteiger partial charge in [0.15, 0.2) is 0 Å². The van der Waals surface area contributed by atoms with E-state index >= 15 is 0 Å². The largest absolute Gasteiger partial charge is 0.382 e. The van der Waals surface area contributed by atoms with Crippen molar-refractivity contribution < 1.29 is 0 Å². The highest BCUT2D eigenvalue weighted by Crippen LogP contribution is 2.32. The molecule has 1 aliphatic rings. The van der Waals surface area contributed by atoms with Crippen molar-refractivity contribution in [3.63, 3.8) is 0 Å². The molecule has 0 spiro atoms. The zero-order valence-corrected chi connectivity index (χ0v) is 12.8. The molecule has 0 saturated carbocycles. The maximum absolute atomic E-state index is 6.03. The number of aromatic nitrogens is 2. The van der Waals surface area contributed by atoms with Gasteiger partial charge < -0.3 is 5.73 Å². The van der Waals surface area contributed by atoms with E-state index in [9.17, 15) is 0 Å². The molecule has 3 rings (SSSR count). The van der Waals surface area contributed by atoms with Crippen molar-refractivity contribution in [1.29, 1.82) is 0 Å². The highest BCUT2D eigenvalue weighted by atomic mass is 35.5. The molecule has 1 saturated heterocycles. The zero-order chi connectivity index (χ0) is 14.8. The van der Waals surface area contributed by atoms with Crippen LogP contribution in [0.4, 0.5) is 5.82 Å². The summed E-state index contributed by atoms with van der Waals surface area (Å²) in [6, 6.07) is 10.2. The number of halogens is 1. The molecule has 1 fully saturated rings. The summed E-state index contributed by atoms with van der Waals surface area (Å²) in [6.45, 7) is 4.10. The Balaban J connectivity index is 1.79. The monoisotopic (exact) mass is 302 g/mol. The number of hydrogen-bond donors (Lipinski definition) is 1. The Bertz CT molecular complexity index is 627. The average Bonchev–Trinajstić information content (AvgIpc) is 2.91. The van der Waals surface area contributed by atoms with Crippen molar-refractivity contribution in [1.82, 2.24) is 15.1 Å². The third kappa shape index (κ3) is 3.17. The molecule has 110 valence electrons. The Labute approximate surface area is 129 Å². The number of nitrogens with two attached hydrogens (primary N) is 1. The molecule has 1 aliphatic heterocycles. The SMILES string of the molecule is Cc1cc(Cl)ccc1CN1CCCC1c1ccc(N)nn1. The van der Waals surface area contributed by atoms with Gasteiger partial charge in [0.2, 0.25) is 0 Å². The van der Waals surface area contributed by atoms with Crippen LogP contribution < -0.4 is 5.73 Å². The average molecular weight is 303 g/mol. The molecule has 0 bridgehead atoms. The molecule has 2 heterocycles. The van der Waals surface area contributed by atoms with Gasteiger partial charge in [0.25, 0.3) is 0 Å². The molecule has 5 heteroatoms. The number of nitrogen functional groups attached to an aromatic ring is 1. The van der Waals surface area contributed by atoms with Crippen LogP contribution in [-0.2, 0) is 6.54 Å². The minimum Gasteiger partial charge on any atom is -0.382 e. The minimum absolute atomic E-state index is 0.327. The van der Waals surface area contributed by atoms with Crippen LogP contribution >= 0.6 is 11.6 Å². The first kappa shape index (κ1) is 14.3. The van der Waals surface area contributed by atoms with E-state index in [-0.39, 0.29) is 0 Å². The van der Waals surface area contributed by atoms with Crippen molar-refractivity contribution in [3.05, 3.63) is 52.2 Å². The van der Waals surface area contributed by atoms with Crippen molar-refractivity contribution in [2.24, 2.45) is 0 Å². The molecule has 1 aromatic carbocycles. The zero-order valence-electron chi connectivity index (χ0n) is 12.1. The van der Waals surface area contributed by atoms with E-state index in [0.717, 1.165) is 30.2 Å². The standard InChI is InChI=1S/C16H19ClN4/c1-11-9-13(17)5-4-12(11)10-21-8-2-3-15(21)14-6-7-16(18)20-19-14/h4-7,9,15H,2-3,8,10H2,1H3,(H2,18,20). The van der Waals surface area contributed by atoms with Gasteiger partial charge in [-0.1, -0.05) is 17.7 Å². The van der Waals surface area contributed by atoms with Crippen molar-refractivity contribution in [3.8, 4) is 0 Å². The van der Waals surface area contributed by atoms with Crippen LogP contribution in [0.25, 0.3) is 0 Å². The van der Waals surface area contributed by atoms with Gasteiger partial charge >= 0.3 is 0 Å². The first-order valence-electron chi connectivity index (χ1n) is 7.21. The van der Waals surface area contributed by atoms with Gasteiger partial charge in [-0.15, -0.1) is 5.10 Å². The Morgan fingerprint density at radius 1 is 1.29 bits per heavy atom. The lowest BCUT2D eigenvalue weighted by Gasteiger charge is -2.24. The lowest BCUT2D eigenvalue weighted by Crippen LogP contribution is -2.24. The molecule has 2 aromatic rings. The van der Waals surface area contributed by atoms with E-state index in [0.29, 0.717) is 11.9 Å². The van der Waals surface area contributed by atoms with Gasteiger partial charge in [-0.25, -0.2) is 0 Å². The number of rotatable bonds is 3. The second-order valence-corrected chi connectivity index (χ2v) is 6.02. The highest BCUT2D eigenvalue weighted by molar-refractivity contribution is 6.30. The van der Waals surface area contributed by atoms with Crippen LogP contribution in [0.1, 0.15) is 35.7 Å². The molecule has 0 radical (unpaired) electrons. The van der Waals surface area contributed by atoms with E-state index in [2.05, 4.69) is 28.1 Å². The Kier molecular flexibility index (Phi) is 4.08. The molecule has 21 heavy (non-hydrogen) atoms. The molecule has 1 atom stereocenters. The molecular weight excluding hydrogens is 284 g/mol. The highest BCUT2D eigenvalue weighted by Gasteiger charge is 2.27. The minimum atomic E-state index is 0.327. The number of benzene rings is 1. The van der Waals surface area contributed by atoms with E-state index < -0.39 is 0 Å². The van der Waals surface area contributed by atoms with E-state index in [1.54, 1.807) is 0 Å². The van der Waals surface area contributed by atoms with Gasteiger partial charge in [-0.05, 0) is 61.7 Å². The molecule has 1 aromatic heterocycles. The lowest BCUT2D eigenvalue weighted by atomic mass is 10.1. The van der Waals surface area contributed by atoms with Crippen LogP contribution in [0.15, 0.2) is 30.3 Å². The Morgan fingerprint density at radius 3 is 2.86 bits per heavy atom. The van der Waals surface area contributed by atoms with Crippen molar-refractivity contribution >= 4 is 17.4 Å². The molecular formula is C16H19ClN4. The van der Waals surface area contributed by atoms with Crippen LogP contribution in [0.2, 0.25) is 5.02 Å². The summed E-state index contributed by atoms with van der Waals surface area (Å²) >= 11 is 6.03. The quantitative estimate of drug-likeness (QED) is 0.944. The molecule has 0 aliphatic carbocycles. The maximum atomic E-state index is 6.03. The fourth-order valence-electron chi connectivity index (χ4n) is 2.94. The summed E-state index contributed by atoms with van der Waals surface area (Å²) in [5.41, 5.74) is 9.17. The van der Waals surface area contributed by atoms with E-state index in [4.69, 9.17) is 17.3 Å². The van der Waals surface area contributed by atoms with Crippen LogP contribution in [0.5, 0.6) is 0 Å². The Morgan fingerprint density at radius 2 is 2.14 bits per heavy atom. The molecule has 4 nitrogen and oxygen atoms in total. The fraction of sp³-hybridized carbons (Fsp3) is 0.375. The first-order valence-corrected chi connectivity index (χ1v) is 7.59. The summed E-state index contributed by atoms with van der Waals surface area (Å²) in [5, 5.41) is 9.02. The number of nitrogens with zero attached hydrogens (tertiary/aromatic N) is 3. The second-order valence-electron chi connectivity index (χ2n) is 5.58. The molecule has 1 unspecified atom stereocenters. The first-order chi connectivity index (χ1) is 10.1. The normalized spacial score (nSPS) is 19.0. The second kappa shape index (κ2) is 6.00. The van der Waals surface area contributed by atoms with Crippen LogP contribution in [-0.4, -0.2) is 21.6 Å². The third-order valence-electron chi connectivity index (χ3n) is 4.09. The summed E-state index contributed by atoms with van der Waals surface area (Å²) in [4.78, 5) is 2.45. The lowest BCUT2D eigenvalue weighted by molar-refractivity contribution is 0.243. The van der Waals surface area contributed by atoms with Crippen molar-refractivity contribution in [2.75, 3.05) is 12.3 Å². The number of hydrogen-bond acceptors (Lipinski definition) is 4. The summed E-state index contributed by atoms with van der Waals surface area (Å²) in [6.07, 6.45) is 2.30. The predicted molar refractivity (Wildman–Crippen MR) is 85.0 cm³/mol. The predicted octanol–water partition coefficient (Wildman–Crippen LogP) is 3.36. The molecule has 0 amide bonds. The van der Waals surface area contributed by atoms with Gasteiger partial charge in [-0.2, -0.15) is 5.10 Å². The third-order valence-corrected chi connectivity index (χ3v) is 4.32. The molecule has 2 N–H and O–H groups in total. The Hall–Kier alpha value is -1.65. The van der Waals surface area contributed by atoms with E-state index in [1.807, 2.05) is 24.3 Å². The van der Waals surface area contributed by atoms with Crippen molar-refractivity contribution in [2.45, 2.75) is 32.4 Å². The summed E-state index contributed by atoms with van der Waals surface area (Å²) in [5.74, 6) is 0.469. The van der Waals surface area contributed by atoms with Gasteiger partial charge in [-0.3, -0.25) is 4.90 Å². The van der Waals surface area contributed by atoms with Crippen LogP contribution in [0, 0.1) is 6.92 Å². The topological polar surface area (TPSA) is 55.0 Å². The number of anilines is 1. The summed E-state index contributed by atoms with van der Waals surface area (Å²) in [7, 11) is 0. The van der Waals surface area contributed by atoms with Crippen LogP contribution in [0.3, 0.4) is 0 Å². The van der Waals surface area contributed by atoms with Gasteiger partial charge in [0, 0.05) is 11.6 Å². The number of likely N-dealkylation sites (tertiary alicyclic amines) is 1. The van der Waals surface area contributed by atoms with Gasteiger partial charge in [0.1, 0.15) is 5.82 Å².